The molecule has 2 unspecified atom stereocenters. The number of ether oxygens (including phenoxy) is 2. The Morgan fingerprint density at radius 2 is 2.29 bits per heavy atom. The topological polar surface area (TPSA) is 56.3 Å². The molecule has 0 bridgehead atoms. The van der Waals surface area contributed by atoms with Crippen LogP contribution in [0.1, 0.15) is 50.8 Å². The van der Waals surface area contributed by atoms with E-state index in [1.165, 1.54) is 19.3 Å². The second-order valence-corrected chi connectivity index (χ2v) is 6.17. The van der Waals surface area contributed by atoms with Crippen molar-refractivity contribution in [1.82, 2.24) is 15.5 Å². The van der Waals surface area contributed by atoms with Gasteiger partial charge in [0, 0.05) is 12.7 Å². The summed E-state index contributed by atoms with van der Waals surface area (Å²) in [5, 5.41) is 12.1. The summed E-state index contributed by atoms with van der Waals surface area (Å²) >= 11 is 0. The molecule has 1 aliphatic carbocycles. The highest BCUT2D eigenvalue weighted by atomic mass is 16.5. The highest BCUT2D eigenvalue weighted by Gasteiger charge is 2.44. The predicted octanol–water partition coefficient (Wildman–Crippen LogP) is 2.49. The van der Waals surface area contributed by atoms with Crippen molar-refractivity contribution < 1.29 is 9.47 Å². The SMILES string of the molecule is CCNC(c1ccc(OC)nn1)C1CCOC2(CCC2)C1. The lowest BCUT2D eigenvalue weighted by Gasteiger charge is -2.48. The minimum Gasteiger partial charge on any atom is -0.480 e. The van der Waals surface area contributed by atoms with Crippen LogP contribution in [0.25, 0.3) is 0 Å². The smallest absolute Gasteiger partial charge is 0.233 e. The third kappa shape index (κ3) is 3.04. The molecule has 1 spiro atoms. The molecule has 1 saturated heterocycles. The average molecular weight is 291 g/mol. The van der Waals surface area contributed by atoms with E-state index >= 15 is 0 Å². The minimum atomic E-state index is 0.163. The molecule has 3 rings (SSSR count). The second kappa shape index (κ2) is 6.28. The average Bonchev–Trinajstić information content (AvgIpc) is 2.51. The van der Waals surface area contributed by atoms with Gasteiger partial charge in [0.2, 0.25) is 5.88 Å². The van der Waals surface area contributed by atoms with Gasteiger partial charge in [-0.15, -0.1) is 5.10 Å². The molecule has 1 aliphatic heterocycles. The Morgan fingerprint density at radius 3 is 2.86 bits per heavy atom. The lowest BCUT2D eigenvalue weighted by molar-refractivity contribution is -0.147. The van der Waals surface area contributed by atoms with Gasteiger partial charge in [0.05, 0.1) is 24.4 Å². The van der Waals surface area contributed by atoms with Gasteiger partial charge >= 0.3 is 0 Å². The van der Waals surface area contributed by atoms with E-state index in [9.17, 15) is 0 Å². The van der Waals surface area contributed by atoms with Crippen LogP contribution in [0.5, 0.6) is 5.88 Å². The summed E-state index contributed by atoms with van der Waals surface area (Å²) in [5.41, 5.74) is 1.18. The molecule has 2 fully saturated rings. The zero-order valence-corrected chi connectivity index (χ0v) is 13.0. The molecule has 5 nitrogen and oxygen atoms in total. The molecule has 2 heterocycles. The van der Waals surface area contributed by atoms with Gasteiger partial charge in [-0.2, -0.15) is 5.10 Å². The summed E-state index contributed by atoms with van der Waals surface area (Å²) in [6.07, 6.45) is 5.97. The van der Waals surface area contributed by atoms with Crippen molar-refractivity contribution in [3.8, 4) is 5.88 Å². The van der Waals surface area contributed by atoms with Crippen molar-refractivity contribution in [2.45, 2.75) is 50.7 Å². The first kappa shape index (κ1) is 14.7. The maximum atomic E-state index is 6.05. The number of hydrogen-bond acceptors (Lipinski definition) is 5. The molecule has 1 aromatic heterocycles. The van der Waals surface area contributed by atoms with Gasteiger partial charge in [-0.25, -0.2) is 0 Å². The standard InChI is InChI=1S/C16H25N3O2/c1-3-17-15(13-5-6-14(20-2)19-18-13)12-7-10-21-16(11-12)8-4-9-16/h5-6,12,15,17H,3-4,7-11H2,1-2H3. The fraction of sp³-hybridized carbons (Fsp3) is 0.750. The molecule has 2 atom stereocenters. The van der Waals surface area contributed by atoms with Gasteiger partial charge in [0.25, 0.3) is 0 Å². The first-order valence-electron chi connectivity index (χ1n) is 8.01. The van der Waals surface area contributed by atoms with Crippen LogP contribution in [0.2, 0.25) is 0 Å². The maximum absolute atomic E-state index is 6.05. The van der Waals surface area contributed by atoms with E-state index in [1.807, 2.05) is 12.1 Å². The van der Waals surface area contributed by atoms with Crippen molar-refractivity contribution in [3.05, 3.63) is 17.8 Å². The van der Waals surface area contributed by atoms with E-state index in [4.69, 9.17) is 9.47 Å². The van der Waals surface area contributed by atoms with Crippen LogP contribution in [-0.4, -0.2) is 36.1 Å². The molecule has 0 radical (unpaired) electrons. The number of nitrogens with zero attached hydrogens (tertiary/aromatic N) is 2. The first-order chi connectivity index (χ1) is 10.3. The molecule has 2 aliphatic rings. The largest absolute Gasteiger partial charge is 0.480 e. The molecule has 116 valence electrons. The van der Waals surface area contributed by atoms with Gasteiger partial charge in [0.15, 0.2) is 0 Å². The molecule has 0 aromatic carbocycles. The zero-order valence-electron chi connectivity index (χ0n) is 13.0. The van der Waals surface area contributed by atoms with Crippen LogP contribution in [0, 0.1) is 5.92 Å². The Bertz CT molecular complexity index is 459. The molecular formula is C16H25N3O2. The molecule has 1 aromatic rings. The van der Waals surface area contributed by atoms with Crippen LogP contribution >= 0.6 is 0 Å². The molecule has 21 heavy (non-hydrogen) atoms. The molecule has 0 amide bonds. The van der Waals surface area contributed by atoms with Crippen molar-refractivity contribution in [2.75, 3.05) is 20.3 Å². The third-order valence-corrected chi connectivity index (χ3v) is 4.88. The van der Waals surface area contributed by atoms with Gasteiger partial charge in [-0.1, -0.05) is 6.92 Å². The van der Waals surface area contributed by atoms with Crippen molar-refractivity contribution in [3.63, 3.8) is 0 Å². The second-order valence-electron chi connectivity index (χ2n) is 6.17. The lowest BCUT2D eigenvalue weighted by atomic mass is 9.70. The molecule has 1 N–H and O–H groups in total. The van der Waals surface area contributed by atoms with Crippen molar-refractivity contribution >= 4 is 0 Å². The Morgan fingerprint density at radius 1 is 1.43 bits per heavy atom. The number of methoxy groups -OCH3 is 1. The van der Waals surface area contributed by atoms with E-state index in [1.54, 1.807) is 7.11 Å². The van der Waals surface area contributed by atoms with E-state index in [-0.39, 0.29) is 11.6 Å². The van der Waals surface area contributed by atoms with Gasteiger partial charge in [0.1, 0.15) is 0 Å². The van der Waals surface area contributed by atoms with Crippen LogP contribution in [0.4, 0.5) is 0 Å². The van der Waals surface area contributed by atoms with Crippen molar-refractivity contribution in [2.24, 2.45) is 5.92 Å². The number of nitrogens with one attached hydrogen (secondary N) is 1. The van der Waals surface area contributed by atoms with Crippen LogP contribution in [0.3, 0.4) is 0 Å². The fourth-order valence-corrected chi connectivity index (χ4v) is 3.61. The summed E-state index contributed by atoms with van der Waals surface area (Å²) in [4.78, 5) is 0. The maximum Gasteiger partial charge on any atom is 0.233 e. The van der Waals surface area contributed by atoms with E-state index in [2.05, 4.69) is 22.4 Å². The number of rotatable bonds is 5. The summed E-state index contributed by atoms with van der Waals surface area (Å²) in [5.74, 6) is 1.14. The fourth-order valence-electron chi connectivity index (χ4n) is 3.61. The zero-order chi connectivity index (χ0) is 14.7. The summed E-state index contributed by atoms with van der Waals surface area (Å²) in [6, 6.07) is 4.18. The Labute approximate surface area is 126 Å². The van der Waals surface area contributed by atoms with Gasteiger partial charge < -0.3 is 14.8 Å². The number of aromatic nitrogens is 2. The quantitative estimate of drug-likeness (QED) is 0.903. The number of hydrogen-bond donors (Lipinski definition) is 1. The molecule has 5 heteroatoms. The van der Waals surface area contributed by atoms with E-state index in [0.717, 1.165) is 31.7 Å². The normalized spacial score (nSPS) is 25.3. The lowest BCUT2D eigenvalue weighted by Crippen LogP contribution is -2.48. The van der Waals surface area contributed by atoms with Gasteiger partial charge in [-0.3, -0.25) is 0 Å². The minimum absolute atomic E-state index is 0.163. The Kier molecular flexibility index (Phi) is 4.40. The van der Waals surface area contributed by atoms with Crippen LogP contribution in [-0.2, 0) is 4.74 Å². The van der Waals surface area contributed by atoms with Crippen LogP contribution < -0.4 is 10.1 Å². The monoisotopic (exact) mass is 291 g/mol. The first-order valence-corrected chi connectivity index (χ1v) is 8.01. The summed E-state index contributed by atoms with van der Waals surface area (Å²) in [7, 11) is 1.62. The van der Waals surface area contributed by atoms with E-state index < -0.39 is 0 Å². The van der Waals surface area contributed by atoms with E-state index in [0.29, 0.717) is 11.8 Å². The Balaban J connectivity index is 1.76. The van der Waals surface area contributed by atoms with Crippen molar-refractivity contribution in [1.29, 1.82) is 0 Å². The Hall–Kier alpha value is -1.20. The molecule has 1 saturated carbocycles. The van der Waals surface area contributed by atoms with Crippen LogP contribution in [0.15, 0.2) is 12.1 Å². The predicted molar refractivity (Wildman–Crippen MR) is 80.3 cm³/mol. The summed E-state index contributed by atoms with van der Waals surface area (Å²) < 4.78 is 11.1. The molecular weight excluding hydrogens is 266 g/mol. The summed E-state index contributed by atoms with van der Waals surface area (Å²) in [6.45, 7) is 3.95. The highest BCUT2D eigenvalue weighted by molar-refractivity contribution is 5.15. The van der Waals surface area contributed by atoms with Gasteiger partial charge in [-0.05, 0) is 50.6 Å². The third-order valence-electron chi connectivity index (χ3n) is 4.88. The highest BCUT2D eigenvalue weighted by Crippen LogP contribution is 2.46.